The number of thioether (sulfide) groups is 1. The molecule has 0 aliphatic carbocycles. The Labute approximate surface area is 127 Å². The molecule has 0 fully saturated rings. The minimum Gasteiger partial charge on any atom is -0.324 e. The highest BCUT2D eigenvalue weighted by Gasteiger charge is 2.15. The van der Waals surface area contributed by atoms with E-state index in [2.05, 4.69) is 22.2 Å². The van der Waals surface area contributed by atoms with Gasteiger partial charge in [0.05, 0.1) is 23.0 Å². The van der Waals surface area contributed by atoms with Gasteiger partial charge in [-0.3, -0.25) is 4.68 Å². The van der Waals surface area contributed by atoms with Crippen LogP contribution < -0.4 is 5.73 Å². The molecule has 0 aliphatic rings. The molecule has 6 nitrogen and oxygen atoms in total. The van der Waals surface area contributed by atoms with Gasteiger partial charge in [0.1, 0.15) is 5.82 Å². The lowest BCUT2D eigenvalue weighted by molar-refractivity contribution is 0.642. The van der Waals surface area contributed by atoms with Gasteiger partial charge in [-0.2, -0.15) is 5.10 Å². The number of nitrogens with zero attached hydrogens (tertiary/aromatic N) is 5. The smallest absolute Gasteiger partial charge is 0.191 e. The molecule has 8 heteroatoms. The number of hydrogen-bond donors (Lipinski definition) is 1. The number of hydrogen-bond acceptors (Lipinski definition) is 5. The van der Waals surface area contributed by atoms with Gasteiger partial charge in [0.25, 0.3) is 0 Å². The normalized spacial score (nSPS) is 11.2. The van der Waals surface area contributed by atoms with Crippen LogP contribution in [0.4, 0.5) is 0 Å². The Hall–Kier alpha value is -1.05. The van der Waals surface area contributed by atoms with Crippen LogP contribution in [0, 0.1) is 0 Å². The molecule has 2 N–H and O–H groups in total. The lowest BCUT2D eigenvalue weighted by atomic mass is 10.3. The molecule has 0 radical (unpaired) electrons. The van der Waals surface area contributed by atoms with Crippen LogP contribution in [0.1, 0.15) is 31.1 Å². The second-order valence-electron chi connectivity index (χ2n) is 4.32. The van der Waals surface area contributed by atoms with Gasteiger partial charge in [0.15, 0.2) is 5.16 Å². The van der Waals surface area contributed by atoms with Crippen LogP contribution in [0.25, 0.3) is 0 Å². The first-order valence-corrected chi connectivity index (χ1v) is 7.93. The predicted molar refractivity (Wildman–Crippen MR) is 80.7 cm³/mol. The Morgan fingerprint density at radius 1 is 1.30 bits per heavy atom. The zero-order chi connectivity index (χ0) is 14.7. The third-order valence-corrected chi connectivity index (χ3v) is 4.55. The van der Waals surface area contributed by atoms with Crippen molar-refractivity contribution >= 4 is 23.4 Å². The monoisotopic (exact) mass is 314 g/mol. The highest BCUT2D eigenvalue weighted by atomic mass is 35.5. The van der Waals surface area contributed by atoms with Gasteiger partial charge in [0.2, 0.25) is 0 Å². The average molecular weight is 315 g/mol. The van der Waals surface area contributed by atoms with Gasteiger partial charge >= 0.3 is 0 Å². The molecule has 0 saturated heterocycles. The molecule has 0 amide bonds. The largest absolute Gasteiger partial charge is 0.324 e. The fourth-order valence-corrected chi connectivity index (χ4v) is 3.53. The zero-order valence-electron chi connectivity index (χ0n) is 11.9. The SMILES string of the molecule is CCc1nn(C)c(CSc2nnc(CN)n2CC)c1Cl. The van der Waals surface area contributed by atoms with Crippen molar-refractivity contribution in [3.8, 4) is 0 Å². The number of rotatable bonds is 6. The quantitative estimate of drug-likeness (QED) is 0.825. The van der Waals surface area contributed by atoms with E-state index < -0.39 is 0 Å². The summed E-state index contributed by atoms with van der Waals surface area (Å²) in [6.07, 6.45) is 0.833. The Balaban J connectivity index is 2.17. The molecule has 0 atom stereocenters. The summed E-state index contributed by atoms with van der Waals surface area (Å²) in [5.41, 5.74) is 7.59. The number of nitrogens with two attached hydrogens (primary N) is 1. The lowest BCUT2D eigenvalue weighted by Crippen LogP contribution is -2.08. The fourth-order valence-electron chi connectivity index (χ4n) is 2.00. The summed E-state index contributed by atoms with van der Waals surface area (Å²) in [6.45, 7) is 5.31. The molecule has 0 saturated carbocycles. The predicted octanol–water partition coefficient (Wildman–Crippen LogP) is 2.00. The van der Waals surface area contributed by atoms with Crippen molar-refractivity contribution in [3.05, 3.63) is 22.2 Å². The lowest BCUT2D eigenvalue weighted by Gasteiger charge is -2.06. The van der Waals surface area contributed by atoms with Gasteiger partial charge in [-0.1, -0.05) is 30.3 Å². The van der Waals surface area contributed by atoms with Gasteiger partial charge < -0.3 is 10.3 Å². The summed E-state index contributed by atoms with van der Waals surface area (Å²) < 4.78 is 3.86. The van der Waals surface area contributed by atoms with E-state index >= 15 is 0 Å². The van der Waals surface area contributed by atoms with Crippen LogP contribution in [0.5, 0.6) is 0 Å². The molecule has 2 heterocycles. The van der Waals surface area contributed by atoms with Crippen LogP contribution in [0.2, 0.25) is 5.02 Å². The first-order valence-electron chi connectivity index (χ1n) is 6.57. The summed E-state index contributed by atoms with van der Waals surface area (Å²) in [5.74, 6) is 1.52. The molecule has 110 valence electrons. The molecular weight excluding hydrogens is 296 g/mol. The van der Waals surface area contributed by atoms with Crippen molar-refractivity contribution in [1.29, 1.82) is 0 Å². The topological polar surface area (TPSA) is 74.6 Å². The molecule has 20 heavy (non-hydrogen) atoms. The molecule has 0 spiro atoms. The van der Waals surface area contributed by atoms with Crippen molar-refractivity contribution in [2.75, 3.05) is 0 Å². The summed E-state index contributed by atoms with van der Waals surface area (Å²) in [4.78, 5) is 0. The van der Waals surface area contributed by atoms with E-state index in [4.69, 9.17) is 17.3 Å². The summed E-state index contributed by atoms with van der Waals surface area (Å²) >= 11 is 7.94. The van der Waals surface area contributed by atoms with E-state index in [0.29, 0.717) is 12.3 Å². The third-order valence-electron chi connectivity index (χ3n) is 3.13. The average Bonchev–Trinajstić information content (AvgIpc) is 2.97. The minimum absolute atomic E-state index is 0.397. The van der Waals surface area contributed by atoms with Crippen molar-refractivity contribution in [2.45, 2.75) is 44.3 Å². The van der Waals surface area contributed by atoms with Crippen LogP contribution in [0.15, 0.2) is 5.16 Å². The first-order chi connectivity index (χ1) is 9.62. The maximum Gasteiger partial charge on any atom is 0.191 e. The van der Waals surface area contributed by atoms with Gasteiger partial charge in [-0.15, -0.1) is 10.2 Å². The van der Waals surface area contributed by atoms with Crippen molar-refractivity contribution in [1.82, 2.24) is 24.5 Å². The number of halogens is 1. The Bertz CT molecular complexity index is 591. The molecule has 2 rings (SSSR count). The summed E-state index contributed by atoms with van der Waals surface area (Å²) in [6, 6.07) is 0. The molecule has 2 aromatic rings. The van der Waals surface area contributed by atoms with Crippen molar-refractivity contribution in [2.24, 2.45) is 12.8 Å². The first kappa shape index (κ1) is 15.3. The molecular formula is C12H19ClN6S. The van der Waals surface area contributed by atoms with Gasteiger partial charge in [-0.05, 0) is 13.3 Å². The van der Waals surface area contributed by atoms with E-state index in [1.54, 1.807) is 11.8 Å². The maximum atomic E-state index is 6.34. The van der Waals surface area contributed by atoms with E-state index in [1.165, 1.54) is 0 Å². The second-order valence-corrected chi connectivity index (χ2v) is 5.64. The number of aryl methyl sites for hydroxylation is 2. The molecule has 2 aromatic heterocycles. The van der Waals surface area contributed by atoms with Crippen molar-refractivity contribution < 1.29 is 0 Å². The van der Waals surface area contributed by atoms with Crippen LogP contribution in [-0.4, -0.2) is 24.5 Å². The molecule has 0 aliphatic heterocycles. The van der Waals surface area contributed by atoms with Crippen LogP contribution in [-0.2, 0) is 32.3 Å². The minimum atomic E-state index is 0.397. The highest BCUT2D eigenvalue weighted by Crippen LogP contribution is 2.28. The fraction of sp³-hybridized carbons (Fsp3) is 0.583. The Morgan fingerprint density at radius 3 is 2.60 bits per heavy atom. The van der Waals surface area contributed by atoms with Crippen LogP contribution in [0.3, 0.4) is 0 Å². The van der Waals surface area contributed by atoms with E-state index in [9.17, 15) is 0 Å². The highest BCUT2D eigenvalue weighted by molar-refractivity contribution is 7.98. The third kappa shape index (κ3) is 2.84. The van der Waals surface area contributed by atoms with E-state index in [0.717, 1.165) is 40.4 Å². The van der Waals surface area contributed by atoms with Crippen LogP contribution >= 0.6 is 23.4 Å². The Kier molecular flexibility index (Phi) is 5.06. The van der Waals surface area contributed by atoms with E-state index in [-0.39, 0.29) is 0 Å². The molecule has 0 aromatic carbocycles. The second kappa shape index (κ2) is 6.60. The van der Waals surface area contributed by atoms with Crippen molar-refractivity contribution in [3.63, 3.8) is 0 Å². The summed E-state index contributed by atoms with van der Waals surface area (Å²) in [5, 5.41) is 14.3. The zero-order valence-corrected chi connectivity index (χ0v) is 13.5. The van der Waals surface area contributed by atoms with Gasteiger partial charge in [-0.25, -0.2) is 0 Å². The van der Waals surface area contributed by atoms with Gasteiger partial charge in [0, 0.05) is 19.3 Å². The Morgan fingerprint density at radius 2 is 2.05 bits per heavy atom. The molecule has 0 unspecified atom stereocenters. The number of aromatic nitrogens is 5. The maximum absolute atomic E-state index is 6.34. The molecule has 0 bridgehead atoms. The van der Waals surface area contributed by atoms with E-state index in [1.807, 2.05) is 23.2 Å². The summed E-state index contributed by atoms with van der Waals surface area (Å²) in [7, 11) is 1.91. The standard InChI is InChI=1S/C12H19ClN6S/c1-4-8-11(13)9(18(3)17-8)7-20-12-16-15-10(6-14)19(12)5-2/h4-7,14H2,1-3H3.